The molecule has 1 aromatic heterocycles. The number of hydrogen-bond acceptors (Lipinski definition) is 3. The second kappa shape index (κ2) is 5.72. The van der Waals surface area contributed by atoms with Gasteiger partial charge in [0, 0.05) is 6.42 Å². The third-order valence-corrected chi connectivity index (χ3v) is 3.44. The fourth-order valence-corrected chi connectivity index (χ4v) is 2.43. The molecule has 0 radical (unpaired) electrons. The molecule has 0 amide bonds. The molecule has 6 heteroatoms. The summed E-state index contributed by atoms with van der Waals surface area (Å²) in [5.74, 6) is -0.0359. The number of hydrogen-bond donors (Lipinski definition) is 0. The third kappa shape index (κ3) is 2.51. The minimum Gasteiger partial charge on any atom is -0.292 e. The molecule has 0 aliphatic rings. The van der Waals surface area contributed by atoms with Crippen LogP contribution in [0.15, 0.2) is 18.2 Å². The van der Waals surface area contributed by atoms with E-state index < -0.39 is 0 Å². The number of nitrogens with zero attached hydrogens (tertiary/aromatic N) is 3. The summed E-state index contributed by atoms with van der Waals surface area (Å²) in [6.45, 7) is 3.73. The lowest BCUT2D eigenvalue weighted by Gasteiger charge is -2.09. The Hall–Kier alpha value is -1.39. The summed E-state index contributed by atoms with van der Waals surface area (Å²) in [6.07, 6.45) is 1.01. The number of Topliss-reactive ketones (excluding diaryl/α,β-unsaturated/α-hetero) is 1. The van der Waals surface area contributed by atoms with Crippen molar-refractivity contribution in [3.63, 3.8) is 0 Å². The molecule has 100 valence electrons. The molecular weight excluding hydrogens is 285 g/mol. The molecule has 0 N–H and O–H groups in total. The standard InChI is InChI=1S/C13H13Cl2N3O/c1-3-10-12(11(19)4-2)16-17-18(10)13-8(14)6-5-7-9(13)15/h5-7H,3-4H2,1-2H3. The number of carbonyl (C=O) groups excluding carboxylic acids is 1. The fraction of sp³-hybridized carbons (Fsp3) is 0.308. The first-order chi connectivity index (χ1) is 9.10. The normalized spacial score (nSPS) is 10.7. The molecule has 0 bridgehead atoms. The number of rotatable bonds is 4. The van der Waals surface area contributed by atoms with Crippen molar-refractivity contribution in [2.45, 2.75) is 26.7 Å². The van der Waals surface area contributed by atoms with Crippen LogP contribution in [0.4, 0.5) is 0 Å². The summed E-state index contributed by atoms with van der Waals surface area (Å²) in [7, 11) is 0. The van der Waals surface area contributed by atoms with Gasteiger partial charge in [-0.1, -0.05) is 48.3 Å². The quantitative estimate of drug-likeness (QED) is 0.808. The highest BCUT2D eigenvalue weighted by molar-refractivity contribution is 6.37. The van der Waals surface area contributed by atoms with Gasteiger partial charge in [0.05, 0.1) is 15.7 Å². The number of benzene rings is 1. The van der Waals surface area contributed by atoms with E-state index in [1.54, 1.807) is 29.8 Å². The summed E-state index contributed by atoms with van der Waals surface area (Å²) in [5.41, 5.74) is 1.67. The van der Waals surface area contributed by atoms with Crippen molar-refractivity contribution in [2.24, 2.45) is 0 Å². The van der Waals surface area contributed by atoms with E-state index in [0.29, 0.717) is 34.3 Å². The van der Waals surface area contributed by atoms with Crippen LogP contribution in [0.1, 0.15) is 36.5 Å². The molecule has 2 aromatic rings. The van der Waals surface area contributed by atoms with Gasteiger partial charge in [0.2, 0.25) is 0 Å². The number of ketones is 1. The molecule has 0 spiro atoms. The molecule has 0 saturated heterocycles. The van der Waals surface area contributed by atoms with E-state index in [1.807, 2.05) is 6.92 Å². The Labute approximate surface area is 121 Å². The lowest BCUT2D eigenvalue weighted by Crippen LogP contribution is -2.06. The monoisotopic (exact) mass is 297 g/mol. The van der Waals surface area contributed by atoms with Crippen molar-refractivity contribution in [1.29, 1.82) is 0 Å². The molecule has 0 atom stereocenters. The largest absolute Gasteiger partial charge is 0.292 e. The molecule has 19 heavy (non-hydrogen) atoms. The highest BCUT2D eigenvalue weighted by Crippen LogP contribution is 2.29. The number of carbonyl (C=O) groups is 1. The Morgan fingerprint density at radius 1 is 1.26 bits per heavy atom. The summed E-state index contributed by atoms with van der Waals surface area (Å²) in [6, 6.07) is 5.21. The summed E-state index contributed by atoms with van der Waals surface area (Å²) in [4.78, 5) is 11.8. The van der Waals surface area contributed by atoms with Gasteiger partial charge < -0.3 is 0 Å². The Balaban J connectivity index is 2.64. The first-order valence-corrected chi connectivity index (χ1v) is 6.77. The van der Waals surface area contributed by atoms with Crippen molar-refractivity contribution in [3.05, 3.63) is 39.6 Å². The smallest absolute Gasteiger partial charge is 0.184 e. The lowest BCUT2D eigenvalue weighted by molar-refractivity contribution is 0.0982. The summed E-state index contributed by atoms with van der Waals surface area (Å²) in [5, 5.41) is 8.94. The maximum atomic E-state index is 11.8. The second-order valence-corrected chi connectivity index (χ2v) is 4.81. The van der Waals surface area contributed by atoms with Gasteiger partial charge in [0.1, 0.15) is 5.69 Å². The van der Waals surface area contributed by atoms with Gasteiger partial charge in [0.15, 0.2) is 11.5 Å². The molecule has 2 rings (SSSR count). The van der Waals surface area contributed by atoms with Crippen LogP contribution in [0.25, 0.3) is 5.69 Å². The van der Waals surface area contributed by atoms with E-state index in [2.05, 4.69) is 10.3 Å². The van der Waals surface area contributed by atoms with Gasteiger partial charge in [0.25, 0.3) is 0 Å². The predicted octanol–water partition coefficient (Wildman–Crippen LogP) is 3.73. The Morgan fingerprint density at radius 2 is 1.89 bits per heavy atom. The Morgan fingerprint density at radius 3 is 2.42 bits per heavy atom. The number of aromatic nitrogens is 3. The zero-order chi connectivity index (χ0) is 14.0. The molecule has 0 saturated carbocycles. The van der Waals surface area contributed by atoms with E-state index in [4.69, 9.17) is 23.2 Å². The zero-order valence-electron chi connectivity index (χ0n) is 10.7. The van der Waals surface area contributed by atoms with Crippen molar-refractivity contribution in [2.75, 3.05) is 0 Å². The van der Waals surface area contributed by atoms with Crippen molar-refractivity contribution in [3.8, 4) is 5.69 Å². The molecule has 0 fully saturated rings. The first kappa shape index (κ1) is 14.0. The van der Waals surface area contributed by atoms with Crippen molar-refractivity contribution < 1.29 is 4.79 Å². The van der Waals surface area contributed by atoms with Crippen LogP contribution < -0.4 is 0 Å². The Kier molecular flexibility index (Phi) is 4.22. The van der Waals surface area contributed by atoms with Crippen LogP contribution in [-0.4, -0.2) is 20.8 Å². The Bertz CT molecular complexity index is 602. The van der Waals surface area contributed by atoms with Crippen LogP contribution >= 0.6 is 23.2 Å². The van der Waals surface area contributed by atoms with Gasteiger partial charge in [-0.25, -0.2) is 4.68 Å². The topological polar surface area (TPSA) is 47.8 Å². The van der Waals surface area contributed by atoms with Gasteiger partial charge >= 0.3 is 0 Å². The fourth-order valence-electron chi connectivity index (χ4n) is 1.87. The number of para-hydroxylation sites is 1. The zero-order valence-corrected chi connectivity index (χ0v) is 12.2. The molecular formula is C13H13Cl2N3O. The highest BCUT2D eigenvalue weighted by atomic mass is 35.5. The SMILES string of the molecule is CCC(=O)c1nnn(-c2c(Cl)cccc2Cl)c1CC. The van der Waals surface area contributed by atoms with E-state index in [-0.39, 0.29) is 5.78 Å². The maximum Gasteiger partial charge on any atom is 0.184 e. The highest BCUT2D eigenvalue weighted by Gasteiger charge is 2.20. The predicted molar refractivity (Wildman–Crippen MR) is 75.4 cm³/mol. The minimum absolute atomic E-state index is 0.0359. The maximum absolute atomic E-state index is 11.8. The van der Waals surface area contributed by atoms with Crippen molar-refractivity contribution >= 4 is 29.0 Å². The lowest BCUT2D eigenvalue weighted by atomic mass is 10.1. The van der Waals surface area contributed by atoms with Crippen LogP contribution in [-0.2, 0) is 6.42 Å². The van der Waals surface area contributed by atoms with Crippen LogP contribution in [0.5, 0.6) is 0 Å². The molecule has 4 nitrogen and oxygen atoms in total. The summed E-state index contributed by atoms with van der Waals surface area (Å²) < 4.78 is 1.55. The number of halogens is 2. The van der Waals surface area contributed by atoms with E-state index >= 15 is 0 Å². The van der Waals surface area contributed by atoms with Gasteiger partial charge in [-0.05, 0) is 18.6 Å². The van der Waals surface area contributed by atoms with E-state index in [1.165, 1.54) is 0 Å². The molecule has 0 aliphatic heterocycles. The average molecular weight is 298 g/mol. The average Bonchev–Trinajstić information content (AvgIpc) is 2.81. The molecule has 1 heterocycles. The van der Waals surface area contributed by atoms with Gasteiger partial charge in [-0.15, -0.1) is 5.10 Å². The van der Waals surface area contributed by atoms with Gasteiger partial charge in [-0.3, -0.25) is 4.79 Å². The molecule has 0 unspecified atom stereocenters. The first-order valence-electron chi connectivity index (χ1n) is 6.02. The molecule has 0 aliphatic carbocycles. The second-order valence-electron chi connectivity index (χ2n) is 4.00. The molecule has 1 aromatic carbocycles. The minimum atomic E-state index is -0.0359. The third-order valence-electron chi connectivity index (χ3n) is 2.83. The van der Waals surface area contributed by atoms with Crippen LogP contribution in [0, 0.1) is 0 Å². The van der Waals surface area contributed by atoms with Gasteiger partial charge in [-0.2, -0.15) is 0 Å². The van der Waals surface area contributed by atoms with Crippen molar-refractivity contribution in [1.82, 2.24) is 15.0 Å². The summed E-state index contributed by atoms with van der Waals surface area (Å²) >= 11 is 12.3. The van der Waals surface area contributed by atoms with E-state index in [0.717, 1.165) is 5.69 Å². The van der Waals surface area contributed by atoms with Crippen LogP contribution in [0.3, 0.4) is 0 Å². The van der Waals surface area contributed by atoms with E-state index in [9.17, 15) is 4.79 Å². The van der Waals surface area contributed by atoms with Crippen LogP contribution in [0.2, 0.25) is 10.0 Å².